The van der Waals surface area contributed by atoms with E-state index < -0.39 is 0 Å². The molecule has 0 amide bonds. The Morgan fingerprint density at radius 2 is 1.96 bits per heavy atom. The summed E-state index contributed by atoms with van der Waals surface area (Å²) in [5, 5.41) is 11.0. The average Bonchev–Trinajstić information content (AvgIpc) is 3.08. The highest BCUT2D eigenvalue weighted by Gasteiger charge is 2.26. The first kappa shape index (κ1) is 18.2. The van der Waals surface area contributed by atoms with Crippen LogP contribution in [0.1, 0.15) is 11.1 Å². The third kappa shape index (κ3) is 4.12. The SMILES string of the molecule is COc1ccc(CC2COCN2Cc2cccc([N+](=O)[O-])c2)cc1OC. The van der Waals surface area contributed by atoms with E-state index in [1.165, 1.54) is 6.07 Å². The molecule has 3 rings (SSSR count). The monoisotopic (exact) mass is 358 g/mol. The number of nitro benzene ring substituents is 1. The van der Waals surface area contributed by atoms with E-state index in [0.29, 0.717) is 31.4 Å². The van der Waals surface area contributed by atoms with Gasteiger partial charge >= 0.3 is 0 Å². The summed E-state index contributed by atoms with van der Waals surface area (Å²) in [6.07, 6.45) is 0.801. The Labute approximate surface area is 152 Å². The van der Waals surface area contributed by atoms with E-state index in [2.05, 4.69) is 4.90 Å². The fourth-order valence-electron chi connectivity index (χ4n) is 3.16. The van der Waals surface area contributed by atoms with Crippen LogP contribution in [0.3, 0.4) is 0 Å². The Kier molecular flexibility index (Phi) is 5.70. The molecule has 0 aromatic heterocycles. The third-order valence-electron chi connectivity index (χ3n) is 4.51. The molecule has 7 heteroatoms. The maximum atomic E-state index is 11.0. The van der Waals surface area contributed by atoms with Gasteiger partial charge in [-0.15, -0.1) is 0 Å². The lowest BCUT2D eigenvalue weighted by Crippen LogP contribution is -2.32. The minimum absolute atomic E-state index is 0.110. The van der Waals surface area contributed by atoms with Crippen LogP contribution in [0.4, 0.5) is 5.69 Å². The molecule has 1 saturated heterocycles. The van der Waals surface area contributed by atoms with Crippen molar-refractivity contribution >= 4 is 5.69 Å². The van der Waals surface area contributed by atoms with Gasteiger partial charge in [0, 0.05) is 24.7 Å². The number of non-ortho nitro benzene ring substituents is 1. The van der Waals surface area contributed by atoms with Crippen LogP contribution >= 0.6 is 0 Å². The number of nitro groups is 1. The fraction of sp³-hybridized carbons (Fsp3) is 0.368. The van der Waals surface area contributed by atoms with Crippen molar-refractivity contribution in [3.8, 4) is 11.5 Å². The lowest BCUT2D eigenvalue weighted by atomic mass is 10.0. The lowest BCUT2D eigenvalue weighted by Gasteiger charge is -2.22. The molecule has 2 aromatic carbocycles. The Bertz CT molecular complexity index is 780. The normalized spacial score (nSPS) is 17.2. The quantitative estimate of drug-likeness (QED) is 0.559. The second kappa shape index (κ2) is 8.16. The van der Waals surface area contributed by atoms with Crippen LogP contribution in [0.5, 0.6) is 11.5 Å². The van der Waals surface area contributed by atoms with Gasteiger partial charge in [-0.3, -0.25) is 15.0 Å². The van der Waals surface area contributed by atoms with Crippen molar-refractivity contribution in [3.05, 3.63) is 63.7 Å². The van der Waals surface area contributed by atoms with Gasteiger partial charge in [0.2, 0.25) is 0 Å². The summed E-state index contributed by atoms with van der Waals surface area (Å²) in [4.78, 5) is 12.8. The maximum Gasteiger partial charge on any atom is 0.269 e. The van der Waals surface area contributed by atoms with Crippen molar-refractivity contribution in [2.75, 3.05) is 27.6 Å². The predicted molar refractivity (Wildman–Crippen MR) is 96.5 cm³/mol. The summed E-state index contributed by atoms with van der Waals surface area (Å²) in [7, 11) is 3.23. The Hall–Kier alpha value is -2.64. The molecule has 1 aliphatic rings. The van der Waals surface area contributed by atoms with Crippen molar-refractivity contribution < 1.29 is 19.1 Å². The smallest absolute Gasteiger partial charge is 0.269 e. The first-order chi connectivity index (χ1) is 12.6. The standard InChI is InChI=1S/C19H22N2O5/c1-24-18-7-6-14(10-19(18)25-2)8-17-12-26-13-20(17)11-15-4-3-5-16(9-15)21(22)23/h3-7,9-10,17H,8,11-13H2,1-2H3. The van der Waals surface area contributed by atoms with E-state index in [4.69, 9.17) is 14.2 Å². The van der Waals surface area contributed by atoms with E-state index in [1.54, 1.807) is 26.4 Å². The summed E-state index contributed by atoms with van der Waals surface area (Å²) >= 11 is 0. The van der Waals surface area contributed by atoms with E-state index in [-0.39, 0.29) is 16.7 Å². The molecule has 0 bridgehead atoms. The van der Waals surface area contributed by atoms with E-state index in [9.17, 15) is 10.1 Å². The van der Waals surface area contributed by atoms with Crippen LogP contribution in [0.25, 0.3) is 0 Å². The molecule has 7 nitrogen and oxygen atoms in total. The van der Waals surface area contributed by atoms with Gasteiger partial charge in [0.05, 0.1) is 32.5 Å². The molecular weight excluding hydrogens is 336 g/mol. The van der Waals surface area contributed by atoms with Gasteiger partial charge in [-0.2, -0.15) is 0 Å². The van der Waals surface area contributed by atoms with Gasteiger partial charge in [0.1, 0.15) is 0 Å². The molecule has 2 aromatic rings. The first-order valence-corrected chi connectivity index (χ1v) is 8.36. The molecule has 0 spiro atoms. The van der Waals surface area contributed by atoms with Crippen molar-refractivity contribution in [1.82, 2.24) is 4.90 Å². The van der Waals surface area contributed by atoms with Crippen LogP contribution in [0, 0.1) is 10.1 Å². The van der Waals surface area contributed by atoms with Crippen LogP contribution < -0.4 is 9.47 Å². The highest BCUT2D eigenvalue weighted by Crippen LogP contribution is 2.29. The van der Waals surface area contributed by atoms with Gasteiger partial charge in [-0.05, 0) is 29.7 Å². The number of benzene rings is 2. The molecule has 0 radical (unpaired) electrons. The topological polar surface area (TPSA) is 74.1 Å². The van der Waals surface area contributed by atoms with Crippen LogP contribution in [-0.4, -0.2) is 43.4 Å². The predicted octanol–water partition coefficient (Wildman–Crippen LogP) is 3.01. The molecule has 26 heavy (non-hydrogen) atoms. The molecule has 1 heterocycles. The van der Waals surface area contributed by atoms with Gasteiger partial charge in [0.25, 0.3) is 5.69 Å². The minimum atomic E-state index is -0.370. The Morgan fingerprint density at radius 1 is 1.15 bits per heavy atom. The molecule has 1 unspecified atom stereocenters. The lowest BCUT2D eigenvalue weighted by molar-refractivity contribution is -0.384. The molecule has 0 aliphatic carbocycles. The molecule has 0 saturated carbocycles. The average molecular weight is 358 g/mol. The summed E-state index contributed by atoms with van der Waals surface area (Å²) in [5.74, 6) is 1.40. The number of ether oxygens (including phenoxy) is 3. The van der Waals surface area contributed by atoms with E-state index in [1.807, 2.05) is 24.3 Å². The van der Waals surface area contributed by atoms with Crippen molar-refractivity contribution in [1.29, 1.82) is 0 Å². The van der Waals surface area contributed by atoms with Crippen molar-refractivity contribution in [2.45, 2.75) is 19.0 Å². The number of rotatable bonds is 7. The zero-order valence-corrected chi connectivity index (χ0v) is 14.9. The summed E-state index contributed by atoms with van der Waals surface area (Å²) in [6, 6.07) is 12.8. The summed E-state index contributed by atoms with van der Waals surface area (Å²) < 4.78 is 16.3. The number of nitrogens with zero attached hydrogens (tertiary/aromatic N) is 2. The van der Waals surface area contributed by atoms with E-state index in [0.717, 1.165) is 17.5 Å². The largest absolute Gasteiger partial charge is 0.493 e. The minimum Gasteiger partial charge on any atom is -0.493 e. The van der Waals surface area contributed by atoms with Gasteiger partial charge in [-0.1, -0.05) is 18.2 Å². The number of hydrogen-bond acceptors (Lipinski definition) is 6. The summed E-state index contributed by atoms with van der Waals surface area (Å²) in [5.41, 5.74) is 2.14. The zero-order valence-electron chi connectivity index (χ0n) is 14.9. The van der Waals surface area contributed by atoms with Crippen LogP contribution in [-0.2, 0) is 17.7 Å². The van der Waals surface area contributed by atoms with Crippen molar-refractivity contribution in [3.63, 3.8) is 0 Å². The molecule has 138 valence electrons. The van der Waals surface area contributed by atoms with Crippen LogP contribution in [0.15, 0.2) is 42.5 Å². The summed E-state index contributed by atoms with van der Waals surface area (Å²) in [6.45, 7) is 1.75. The second-order valence-electron chi connectivity index (χ2n) is 6.22. The molecular formula is C19H22N2O5. The first-order valence-electron chi connectivity index (χ1n) is 8.36. The number of hydrogen-bond donors (Lipinski definition) is 0. The molecule has 0 N–H and O–H groups in total. The number of methoxy groups -OCH3 is 2. The second-order valence-corrected chi connectivity index (χ2v) is 6.22. The van der Waals surface area contributed by atoms with Crippen molar-refractivity contribution in [2.24, 2.45) is 0 Å². The Balaban J connectivity index is 1.70. The highest BCUT2D eigenvalue weighted by molar-refractivity contribution is 5.43. The highest BCUT2D eigenvalue weighted by atomic mass is 16.6. The van der Waals surface area contributed by atoms with Gasteiger partial charge < -0.3 is 14.2 Å². The van der Waals surface area contributed by atoms with Gasteiger partial charge in [-0.25, -0.2) is 0 Å². The van der Waals surface area contributed by atoms with E-state index >= 15 is 0 Å². The fourth-order valence-corrected chi connectivity index (χ4v) is 3.16. The van der Waals surface area contributed by atoms with Crippen LogP contribution in [0.2, 0.25) is 0 Å². The van der Waals surface area contributed by atoms with Gasteiger partial charge in [0.15, 0.2) is 11.5 Å². The maximum absolute atomic E-state index is 11.0. The zero-order chi connectivity index (χ0) is 18.5. The third-order valence-corrected chi connectivity index (χ3v) is 4.51. The molecule has 1 aliphatic heterocycles. The Morgan fingerprint density at radius 3 is 2.69 bits per heavy atom. The molecule has 1 atom stereocenters. The molecule has 1 fully saturated rings.